The Hall–Kier alpha value is -0.240. The van der Waals surface area contributed by atoms with Crippen LogP contribution in [0.3, 0.4) is 0 Å². The van der Waals surface area contributed by atoms with Crippen molar-refractivity contribution < 1.29 is 4.79 Å². The Bertz CT molecular complexity index is 140. The van der Waals surface area contributed by atoms with Crippen molar-refractivity contribution in [1.29, 1.82) is 0 Å². The summed E-state index contributed by atoms with van der Waals surface area (Å²) in [7, 11) is 0. The van der Waals surface area contributed by atoms with Crippen LogP contribution < -0.4 is 0 Å². The fraction of sp³-hybridized carbons (Fsp3) is 0.571. The first-order valence-electron chi connectivity index (χ1n) is 3.14. The van der Waals surface area contributed by atoms with Crippen LogP contribution in [0.1, 0.15) is 13.3 Å². The van der Waals surface area contributed by atoms with Gasteiger partial charge in [-0.15, -0.1) is 11.8 Å². The number of aldehydes is 1. The molecule has 0 amide bonds. The third kappa shape index (κ3) is 1.58. The highest BCUT2D eigenvalue weighted by Gasteiger charge is 2.12. The van der Waals surface area contributed by atoms with E-state index >= 15 is 0 Å². The molecule has 9 heavy (non-hydrogen) atoms. The van der Waals surface area contributed by atoms with E-state index < -0.39 is 0 Å². The van der Waals surface area contributed by atoms with Crippen molar-refractivity contribution in [3.8, 4) is 0 Å². The second-order valence-electron chi connectivity index (χ2n) is 2.12. The van der Waals surface area contributed by atoms with E-state index in [-0.39, 0.29) is 0 Å². The average Bonchev–Trinajstić information content (AvgIpc) is 2.34. The predicted octanol–water partition coefficient (Wildman–Crippen LogP) is 1.64. The molecule has 50 valence electrons. The minimum Gasteiger partial charge on any atom is -0.298 e. The van der Waals surface area contributed by atoms with Gasteiger partial charge >= 0.3 is 0 Å². The number of hydrogen-bond acceptors (Lipinski definition) is 2. The van der Waals surface area contributed by atoms with Crippen LogP contribution >= 0.6 is 11.8 Å². The first-order chi connectivity index (χ1) is 4.36. The number of carbonyl (C=O) groups excluding carboxylic acids is 1. The Kier molecular flexibility index (Phi) is 2.34. The molecule has 1 rings (SSSR count). The van der Waals surface area contributed by atoms with Crippen molar-refractivity contribution in [2.45, 2.75) is 18.6 Å². The van der Waals surface area contributed by atoms with Gasteiger partial charge in [0.1, 0.15) is 6.29 Å². The lowest BCUT2D eigenvalue weighted by Crippen LogP contribution is -1.88. The molecule has 0 aromatic carbocycles. The third-order valence-corrected chi connectivity index (χ3v) is 2.82. The fourth-order valence-electron chi connectivity index (χ4n) is 0.847. The van der Waals surface area contributed by atoms with Gasteiger partial charge in [-0.3, -0.25) is 4.79 Å². The van der Waals surface area contributed by atoms with Crippen LogP contribution in [-0.2, 0) is 4.79 Å². The van der Waals surface area contributed by atoms with E-state index in [1.165, 1.54) is 0 Å². The summed E-state index contributed by atoms with van der Waals surface area (Å²) < 4.78 is 0. The topological polar surface area (TPSA) is 17.1 Å². The molecule has 1 atom stereocenters. The molecular weight excluding hydrogens is 132 g/mol. The van der Waals surface area contributed by atoms with Crippen LogP contribution in [0, 0.1) is 0 Å². The van der Waals surface area contributed by atoms with Crippen molar-refractivity contribution in [3.63, 3.8) is 0 Å². The lowest BCUT2D eigenvalue weighted by atomic mass is 10.2. The number of thioether (sulfide) groups is 1. The maximum Gasteiger partial charge on any atom is 0.146 e. The van der Waals surface area contributed by atoms with Gasteiger partial charge in [-0.25, -0.2) is 0 Å². The maximum absolute atomic E-state index is 10.2. The molecule has 0 saturated heterocycles. The van der Waals surface area contributed by atoms with Gasteiger partial charge in [0.15, 0.2) is 0 Å². The SMILES string of the molecule is CCC1C=C(C=O)CS1. The Morgan fingerprint density at radius 2 is 2.78 bits per heavy atom. The molecule has 1 aliphatic rings. The van der Waals surface area contributed by atoms with E-state index in [1.807, 2.05) is 11.8 Å². The van der Waals surface area contributed by atoms with Crippen LogP contribution in [0.15, 0.2) is 11.6 Å². The van der Waals surface area contributed by atoms with Crippen molar-refractivity contribution in [1.82, 2.24) is 0 Å². The second kappa shape index (κ2) is 3.06. The second-order valence-corrected chi connectivity index (χ2v) is 3.34. The smallest absolute Gasteiger partial charge is 0.146 e. The highest BCUT2D eigenvalue weighted by molar-refractivity contribution is 8.00. The number of rotatable bonds is 2. The molecule has 0 saturated carbocycles. The zero-order chi connectivity index (χ0) is 6.69. The summed E-state index contributed by atoms with van der Waals surface area (Å²) in [4.78, 5) is 10.2. The maximum atomic E-state index is 10.2. The fourth-order valence-corrected chi connectivity index (χ4v) is 1.92. The molecule has 1 aliphatic heterocycles. The molecule has 2 heteroatoms. The molecule has 1 heterocycles. The molecule has 1 nitrogen and oxygen atoms in total. The predicted molar refractivity (Wildman–Crippen MR) is 40.7 cm³/mol. The summed E-state index contributed by atoms with van der Waals surface area (Å²) in [5.41, 5.74) is 0.965. The van der Waals surface area contributed by atoms with E-state index in [2.05, 4.69) is 13.0 Å². The quantitative estimate of drug-likeness (QED) is 0.545. The molecule has 0 radical (unpaired) electrons. The zero-order valence-corrected chi connectivity index (χ0v) is 6.28. The molecule has 0 fully saturated rings. The van der Waals surface area contributed by atoms with Crippen molar-refractivity contribution >= 4 is 18.0 Å². The third-order valence-electron chi connectivity index (χ3n) is 1.42. The van der Waals surface area contributed by atoms with Gasteiger partial charge in [0, 0.05) is 11.0 Å². The highest BCUT2D eigenvalue weighted by atomic mass is 32.2. The van der Waals surface area contributed by atoms with E-state index in [9.17, 15) is 4.79 Å². The summed E-state index contributed by atoms with van der Waals surface area (Å²) >= 11 is 1.85. The molecule has 0 N–H and O–H groups in total. The number of hydrogen-bond donors (Lipinski definition) is 0. The van der Waals surface area contributed by atoms with E-state index in [0.717, 1.165) is 24.0 Å². The molecular formula is C7H10OS. The van der Waals surface area contributed by atoms with Crippen LogP contribution in [0.4, 0.5) is 0 Å². The van der Waals surface area contributed by atoms with Crippen molar-refractivity contribution in [3.05, 3.63) is 11.6 Å². The monoisotopic (exact) mass is 142 g/mol. The van der Waals surface area contributed by atoms with Gasteiger partial charge in [0.25, 0.3) is 0 Å². The Morgan fingerprint density at radius 1 is 2.00 bits per heavy atom. The Morgan fingerprint density at radius 3 is 3.11 bits per heavy atom. The van der Waals surface area contributed by atoms with Gasteiger partial charge in [-0.2, -0.15) is 0 Å². The summed E-state index contributed by atoms with van der Waals surface area (Å²) in [6.07, 6.45) is 4.17. The van der Waals surface area contributed by atoms with Crippen LogP contribution in [-0.4, -0.2) is 17.3 Å². The number of carbonyl (C=O) groups is 1. The molecule has 0 aromatic heterocycles. The van der Waals surface area contributed by atoms with Gasteiger partial charge in [-0.1, -0.05) is 13.0 Å². The average molecular weight is 142 g/mol. The van der Waals surface area contributed by atoms with E-state index in [1.54, 1.807) is 0 Å². The largest absolute Gasteiger partial charge is 0.298 e. The molecule has 0 bridgehead atoms. The highest BCUT2D eigenvalue weighted by Crippen LogP contribution is 2.25. The molecule has 0 aliphatic carbocycles. The first kappa shape index (κ1) is 6.87. The van der Waals surface area contributed by atoms with Crippen LogP contribution in [0.25, 0.3) is 0 Å². The Labute approximate surface area is 59.5 Å². The van der Waals surface area contributed by atoms with Crippen LogP contribution in [0.5, 0.6) is 0 Å². The molecule has 0 aromatic rings. The lowest BCUT2D eigenvalue weighted by Gasteiger charge is -1.97. The van der Waals surface area contributed by atoms with Crippen molar-refractivity contribution in [2.24, 2.45) is 0 Å². The van der Waals surface area contributed by atoms with Gasteiger partial charge in [-0.05, 0) is 12.0 Å². The molecule has 0 spiro atoms. The lowest BCUT2D eigenvalue weighted by molar-refractivity contribution is -0.104. The van der Waals surface area contributed by atoms with E-state index in [0.29, 0.717) is 5.25 Å². The first-order valence-corrected chi connectivity index (χ1v) is 4.19. The Balaban J connectivity index is 2.49. The van der Waals surface area contributed by atoms with Gasteiger partial charge in [0.2, 0.25) is 0 Å². The van der Waals surface area contributed by atoms with E-state index in [4.69, 9.17) is 0 Å². The van der Waals surface area contributed by atoms with Gasteiger partial charge < -0.3 is 0 Å². The minimum absolute atomic E-state index is 0.602. The normalized spacial score (nSPS) is 25.9. The molecule has 1 unspecified atom stereocenters. The van der Waals surface area contributed by atoms with Gasteiger partial charge in [0.05, 0.1) is 0 Å². The van der Waals surface area contributed by atoms with Crippen molar-refractivity contribution in [2.75, 3.05) is 5.75 Å². The van der Waals surface area contributed by atoms with Crippen LogP contribution in [0.2, 0.25) is 0 Å². The zero-order valence-electron chi connectivity index (χ0n) is 5.46. The summed E-state index contributed by atoms with van der Waals surface area (Å²) in [5.74, 6) is 0.919. The summed E-state index contributed by atoms with van der Waals surface area (Å²) in [5, 5.41) is 0.602. The minimum atomic E-state index is 0.602. The summed E-state index contributed by atoms with van der Waals surface area (Å²) in [6.45, 7) is 2.14. The standard InChI is InChI=1S/C7H10OS/c1-2-7-3-6(4-8)5-9-7/h3-4,7H,2,5H2,1H3. The summed E-state index contributed by atoms with van der Waals surface area (Å²) in [6, 6.07) is 0.